The molecule has 1 nitrogen and oxygen atoms in total. The number of hydrogen-bond donors (Lipinski definition) is 0. The van der Waals surface area contributed by atoms with E-state index in [1.165, 1.54) is 10.8 Å². The number of fused-ring (bicyclic) bond motifs is 1. The van der Waals surface area contributed by atoms with E-state index in [1.807, 2.05) is 24.3 Å². The summed E-state index contributed by atoms with van der Waals surface area (Å²) >= 11 is 3.56. The second-order valence-corrected chi connectivity index (χ2v) is 5.01. The van der Waals surface area contributed by atoms with E-state index in [-0.39, 0.29) is 5.01 Å². The first kappa shape index (κ1) is 12.4. The smallest absolute Gasteiger partial charge is 0.153 e. The lowest BCUT2D eigenvalue weighted by atomic mass is 10.1. The lowest BCUT2D eigenvalue weighted by Gasteiger charge is -2.14. The molecule has 0 saturated carbocycles. The minimum atomic E-state index is 0.0736. The SMILES string of the molecule is C[CH]CCC(Br)Oc1cccc2ccccc12. The third-order valence-corrected chi connectivity index (χ3v) is 3.33. The molecule has 2 aromatic carbocycles. The molecule has 0 amide bonds. The van der Waals surface area contributed by atoms with E-state index in [9.17, 15) is 0 Å². The number of halogens is 1. The summed E-state index contributed by atoms with van der Waals surface area (Å²) in [6.45, 7) is 2.07. The molecular weight excluding hydrogens is 276 g/mol. The van der Waals surface area contributed by atoms with E-state index in [4.69, 9.17) is 4.74 Å². The van der Waals surface area contributed by atoms with Crippen LogP contribution in [0.4, 0.5) is 0 Å². The van der Waals surface area contributed by atoms with E-state index in [0.717, 1.165) is 18.6 Å². The summed E-state index contributed by atoms with van der Waals surface area (Å²) in [5.74, 6) is 0.945. The highest BCUT2D eigenvalue weighted by Gasteiger charge is 2.07. The van der Waals surface area contributed by atoms with Gasteiger partial charge in [0, 0.05) is 5.39 Å². The Morgan fingerprint density at radius 2 is 1.94 bits per heavy atom. The van der Waals surface area contributed by atoms with Gasteiger partial charge in [-0.3, -0.25) is 0 Å². The standard InChI is InChI=1S/C15H16BrO/c1-2-3-11-15(16)17-14-10-6-8-12-7-4-5-9-13(12)14/h2,4-10,15H,3,11H2,1H3. The topological polar surface area (TPSA) is 9.23 Å². The van der Waals surface area contributed by atoms with Gasteiger partial charge in [-0.15, -0.1) is 0 Å². The third-order valence-electron chi connectivity index (χ3n) is 2.69. The molecule has 0 N–H and O–H groups in total. The number of ether oxygens (including phenoxy) is 1. The number of hydrogen-bond acceptors (Lipinski definition) is 1. The zero-order valence-electron chi connectivity index (χ0n) is 9.90. The number of unbranched alkanes of at least 4 members (excludes halogenated alkanes) is 1. The predicted molar refractivity (Wildman–Crippen MR) is 76.5 cm³/mol. The normalized spacial score (nSPS) is 12.6. The minimum absolute atomic E-state index is 0.0736. The third kappa shape index (κ3) is 3.22. The molecule has 0 bridgehead atoms. The molecule has 2 heteroatoms. The summed E-state index contributed by atoms with van der Waals surface area (Å²) in [5, 5.41) is 2.45. The van der Waals surface area contributed by atoms with Gasteiger partial charge in [-0.05, 0) is 46.6 Å². The first-order valence-corrected chi connectivity index (χ1v) is 6.79. The quantitative estimate of drug-likeness (QED) is 0.709. The molecular formula is C15H16BrO. The molecule has 0 aliphatic rings. The molecule has 1 unspecified atom stereocenters. The summed E-state index contributed by atoms with van der Waals surface area (Å²) in [7, 11) is 0. The Bertz CT molecular complexity index is 476. The van der Waals surface area contributed by atoms with Gasteiger partial charge in [0.15, 0.2) is 5.01 Å². The van der Waals surface area contributed by atoms with Gasteiger partial charge in [0.05, 0.1) is 0 Å². The second kappa shape index (κ2) is 6.06. The van der Waals surface area contributed by atoms with Crippen molar-refractivity contribution in [2.45, 2.75) is 24.8 Å². The van der Waals surface area contributed by atoms with Gasteiger partial charge in [0.25, 0.3) is 0 Å². The predicted octanol–water partition coefficient (Wildman–Crippen LogP) is 4.94. The summed E-state index contributed by atoms with van der Waals surface area (Å²) < 4.78 is 5.93. The minimum Gasteiger partial charge on any atom is -0.479 e. The largest absolute Gasteiger partial charge is 0.479 e. The van der Waals surface area contributed by atoms with Crippen LogP contribution in [0.5, 0.6) is 5.75 Å². The van der Waals surface area contributed by atoms with Gasteiger partial charge in [0.1, 0.15) is 5.75 Å². The molecule has 2 aromatic rings. The molecule has 0 aromatic heterocycles. The van der Waals surface area contributed by atoms with Crippen LogP contribution in [0.2, 0.25) is 0 Å². The van der Waals surface area contributed by atoms with Crippen LogP contribution in [0.1, 0.15) is 19.8 Å². The molecule has 89 valence electrons. The highest BCUT2D eigenvalue weighted by molar-refractivity contribution is 9.09. The highest BCUT2D eigenvalue weighted by Crippen LogP contribution is 2.27. The average Bonchev–Trinajstić information content (AvgIpc) is 2.37. The van der Waals surface area contributed by atoms with E-state index in [0.29, 0.717) is 0 Å². The van der Waals surface area contributed by atoms with Crippen LogP contribution in [0, 0.1) is 6.42 Å². The van der Waals surface area contributed by atoms with Crippen molar-refractivity contribution in [1.82, 2.24) is 0 Å². The molecule has 0 spiro atoms. The fraction of sp³-hybridized carbons (Fsp3) is 0.267. The summed E-state index contributed by atoms with van der Waals surface area (Å²) in [4.78, 5) is 0. The van der Waals surface area contributed by atoms with Gasteiger partial charge >= 0.3 is 0 Å². The van der Waals surface area contributed by atoms with Crippen LogP contribution in [0.15, 0.2) is 42.5 Å². The maximum atomic E-state index is 5.93. The van der Waals surface area contributed by atoms with Crippen molar-refractivity contribution in [3.8, 4) is 5.75 Å². The first-order chi connectivity index (χ1) is 8.31. The monoisotopic (exact) mass is 291 g/mol. The van der Waals surface area contributed by atoms with Crippen LogP contribution in [-0.4, -0.2) is 5.01 Å². The highest BCUT2D eigenvalue weighted by atomic mass is 79.9. The fourth-order valence-corrected chi connectivity index (χ4v) is 2.26. The number of rotatable bonds is 5. The maximum Gasteiger partial charge on any atom is 0.153 e. The Balaban J connectivity index is 2.18. The van der Waals surface area contributed by atoms with E-state index in [1.54, 1.807) is 0 Å². The van der Waals surface area contributed by atoms with Crippen molar-refractivity contribution >= 4 is 26.7 Å². The van der Waals surface area contributed by atoms with Crippen molar-refractivity contribution in [3.05, 3.63) is 48.9 Å². The van der Waals surface area contributed by atoms with Gasteiger partial charge in [0.2, 0.25) is 0 Å². The van der Waals surface area contributed by atoms with Gasteiger partial charge in [-0.1, -0.05) is 43.3 Å². The first-order valence-electron chi connectivity index (χ1n) is 5.87. The van der Waals surface area contributed by atoms with Crippen molar-refractivity contribution in [2.75, 3.05) is 0 Å². The lowest BCUT2D eigenvalue weighted by molar-refractivity contribution is 0.287. The van der Waals surface area contributed by atoms with Gasteiger partial charge in [-0.2, -0.15) is 0 Å². The molecule has 17 heavy (non-hydrogen) atoms. The average molecular weight is 292 g/mol. The maximum absolute atomic E-state index is 5.93. The Hall–Kier alpha value is -1.02. The summed E-state index contributed by atoms with van der Waals surface area (Å²) in [5.41, 5.74) is 0. The lowest BCUT2D eigenvalue weighted by Crippen LogP contribution is -2.07. The van der Waals surface area contributed by atoms with Gasteiger partial charge in [-0.25, -0.2) is 0 Å². The van der Waals surface area contributed by atoms with Gasteiger partial charge < -0.3 is 4.74 Å². The number of benzene rings is 2. The molecule has 1 atom stereocenters. The molecule has 1 radical (unpaired) electrons. The van der Waals surface area contributed by atoms with Crippen LogP contribution >= 0.6 is 15.9 Å². The van der Waals surface area contributed by atoms with Crippen LogP contribution in [0.3, 0.4) is 0 Å². The Kier molecular flexibility index (Phi) is 4.43. The van der Waals surface area contributed by atoms with Crippen molar-refractivity contribution in [2.24, 2.45) is 0 Å². The molecule has 0 heterocycles. The Morgan fingerprint density at radius 3 is 2.76 bits per heavy atom. The number of alkyl halides is 1. The van der Waals surface area contributed by atoms with E-state index in [2.05, 4.69) is 47.5 Å². The van der Waals surface area contributed by atoms with E-state index < -0.39 is 0 Å². The molecule has 0 saturated heterocycles. The zero-order valence-corrected chi connectivity index (χ0v) is 11.5. The van der Waals surface area contributed by atoms with Crippen molar-refractivity contribution < 1.29 is 4.74 Å². The van der Waals surface area contributed by atoms with Crippen molar-refractivity contribution in [1.29, 1.82) is 0 Å². The Morgan fingerprint density at radius 1 is 1.18 bits per heavy atom. The zero-order chi connectivity index (χ0) is 12.1. The molecule has 0 aliphatic carbocycles. The second-order valence-electron chi connectivity index (χ2n) is 3.99. The molecule has 0 aliphatic heterocycles. The van der Waals surface area contributed by atoms with Crippen LogP contribution < -0.4 is 4.74 Å². The molecule has 2 rings (SSSR count). The summed E-state index contributed by atoms with van der Waals surface area (Å²) in [6.07, 6.45) is 4.20. The molecule has 0 fully saturated rings. The Labute approximate surface area is 111 Å². The summed E-state index contributed by atoms with van der Waals surface area (Å²) in [6, 6.07) is 14.4. The fourth-order valence-electron chi connectivity index (χ4n) is 1.79. The van der Waals surface area contributed by atoms with E-state index >= 15 is 0 Å². The van der Waals surface area contributed by atoms with Crippen LogP contribution in [0.25, 0.3) is 10.8 Å². The van der Waals surface area contributed by atoms with Crippen LogP contribution in [-0.2, 0) is 0 Å². The van der Waals surface area contributed by atoms with Crippen molar-refractivity contribution in [3.63, 3.8) is 0 Å².